The summed E-state index contributed by atoms with van der Waals surface area (Å²) in [6.07, 6.45) is 0. The van der Waals surface area contributed by atoms with Gasteiger partial charge in [-0.2, -0.15) is 0 Å². The first-order chi connectivity index (χ1) is 36.4. The van der Waals surface area contributed by atoms with Crippen LogP contribution in [0, 0.1) is 0 Å². The molecule has 0 bridgehead atoms. The number of nitrogens with zero attached hydrogens (tertiary/aromatic N) is 4. The van der Waals surface area contributed by atoms with Crippen LogP contribution in [-0.4, -0.2) is 21.0 Å². The molecule has 9 aromatic carbocycles. The van der Waals surface area contributed by atoms with Crippen LogP contribution in [0.3, 0.4) is 0 Å². The molecule has 2 aliphatic heterocycles. The fourth-order valence-electron chi connectivity index (χ4n) is 13.7. The summed E-state index contributed by atoms with van der Waals surface area (Å²) in [4.78, 5) is 8.42. The summed E-state index contributed by atoms with van der Waals surface area (Å²) in [6, 6.07) is 65.1. The largest absolute Gasteiger partial charge is 0.376 e. The zero-order valence-corrected chi connectivity index (χ0v) is 46.3. The molecule has 3 aliphatic rings. The Morgan fingerprint density at radius 2 is 1.14 bits per heavy atom. The van der Waals surface area contributed by atoms with E-state index in [0.29, 0.717) is 0 Å². The molecule has 0 radical (unpaired) electrons. The van der Waals surface area contributed by atoms with Gasteiger partial charge < -0.3 is 9.38 Å². The number of imidazole rings is 1. The van der Waals surface area contributed by atoms with E-state index in [2.05, 4.69) is 260 Å². The normalized spacial score (nSPS) is 14.6. The third-order valence-electron chi connectivity index (χ3n) is 17.5. The van der Waals surface area contributed by atoms with Gasteiger partial charge in [0.15, 0.2) is 0 Å². The molecule has 76 heavy (non-hydrogen) atoms. The van der Waals surface area contributed by atoms with Gasteiger partial charge in [0, 0.05) is 70.2 Å². The van der Waals surface area contributed by atoms with Crippen LogP contribution in [0.2, 0.25) is 0 Å². The second-order valence-electron chi connectivity index (χ2n) is 25.6. The molecule has 0 N–H and O–H groups in total. The number of hydrogen-bond donors (Lipinski definition) is 0. The molecular formula is C70H61BN4S. The van der Waals surface area contributed by atoms with Gasteiger partial charge >= 0.3 is 6.85 Å². The van der Waals surface area contributed by atoms with E-state index < -0.39 is 0 Å². The van der Waals surface area contributed by atoms with Gasteiger partial charge in [-0.25, -0.2) is 4.98 Å². The maximum absolute atomic E-state index is 5.69. The van der Waals surface area contributed by atoms with Crippen LogP contribution in [0.25, 0.3) is 98.0 Å². The van der Waals surface area contributed by atoms with E-state index in [1.165, 1.54) is 120 Å². The maximum atomic E-state index is 5.69. The Balaban J connectivity index is 1.17. The number of fused-ring (bicyclic) bond motifs is 17. The Kier molecular flexibility index (Phi) is 9.18. The Hall–Kier alpha value is -7.67. The highest BCUT2D eigenvalue weighted by atomic mass is 32.1. The van der Waals surface area contributed by atoms with E-state index in [1.807, 2.05) is 11.3 Å². The van der Waals surface area contributed by atoms with Gasteiger partial charge in [-0.1, -0.05) is 179 Å². The molecule has 6 heteroatoms. The van der Waals surface area contributed by atoms with Gasteiger partial charge in [0.25, 0.3) is 0 Å². The van der Waals surface area contributed by atoms with Crippen LogP contribution in [0.15, 0.2) is 170 Å². The average molecular weight is 1000 g/mol. The van der Waals surface area contributed by atoms with Gasteiger partial charge in [0.1, 0.15) is 5.82 Å². The molecule has 1 aliphatic carbocycles. The Morgan fingerprint density at radius 3 is 1.87 bits per heavy atom. The first kappa shape index (κ1) is 45.7. The first-order valence-corrected chi connectivity index (χ1v) is 28.1. The lowest BCUT2D eigenvalue weighted by molar-refractivity contribution is 0.590. The smallest absolute Gasteiger partial charge is 0.333 e. The predicted molar refractivity (Wildman–Crippen MR) is 326 cm³/mol. The fraction of sp³-hybridized carbons (Fsp3) is 0.214. The summed E-state index contributed by atoms with van der Waals surface area (Å²) in [5.74, 6) is 0.932. The van der Waals surface area contributed by atoms with Gasteiger partial charge in [0.2, 0.25) is 0 Å². The zero-order chi connectivity index (χ0) is 52.1. The Bertz CT molecular complexity index is 4470. The molecule has 0 saturated heterocycles. The van der Waals surface area contributed by atoms with Crippen molar-refractivity contribution in [3.05, 3.63) is 198 Å². The minimum absolute atomic E-state index is 0.00413. The molecule has 15 rings (SSSR count). The van der Waals surface area contributed by atoms with Crippen LogP contribution in [0.1, 0.15) is 104 Å². The van der Waals surface area contributed by atoms with Crippen LogP contribution >= 0.6 is 11.3 Å². The molecule has 5 heterocycles. The molecule has 12 aromatic rings. The molecule has 0 amide bonds. The van der Waals surface area contributed by atoms with Crippen LogP contribution in [-0.2, 0) is 21.7 Å². The zero-order valence-electron chi connectivity index (χ0n) is 45.4. The standard InChI is InChI=1S/C70H61BN4S/c1-67(2,3)41-26-30-45(31-27-41)75-55-36-48-46-32-28-43(69(7,8)9)35-58(46)76-59(48)37-50(55)62-63-60(47-24-18-19-25-51(47)70(63,10)11)61-49-34-42(68(4,5)6)29-33-54(49)74-56-39-57-53(38-52(56)71(75)64(62)65(61)74)72-66(40-20-14-12-15-21-40)73(57)44-22-16-13-17-23-44/h12-39H,1-11H3. The molecule has 3 aromatic heterocycles. The third-order valence-corrected chi connectivity index (χ3v) is 18.6. The van der Waals surface area contributed by atoms with Crippen molar-refractivity contribution in [3.8, 4) is 45.0 Å². The van der Waals surface area contributed by atoms with E-state index in [0.717, 1.165) is 28.1 Å². The van der Waals surface area contributed by atoms with Crippen molar-refractivity contribution in [1.29, 1.82) is 0 Å². The lowest BCUT2D eigenvalue weighted by Gasteiger charge is -2.44. The number of benzene rings is 9. The quantitative estimate of drug-likeness (QED) is 0.165. The van der Waals surface area contributed by atoms with Gasteiger partial charge in [0.05, 0.1) is 22.1 Å². The molecule has 0 spiro atoms. The Morgan fingerprint density at radius 1 is 0.500 bits per heavy atom. The summed E-state index contributed by atoms with van der Waals surface area (Å²) in [5, 5.41) is 5.29. The topological polar surface area (TPSA) is 26.0 Å². The van der Waals surface area contributed by atoms with Gasteiger partial charge in [-0.05, 0) is 138 Å². The van der Waals surface area contributed by atoms with Crippen molar-refractivity contribution < 1.29 is 0 Å². The average Bonchev–Trinajstić information content (AvgIpc) is 3.56. The number of aromatic nitrogens is 3. The lowest BCUT2D eigenvalue weighted by Crippen LogP contribution is -2.61. The monoisotopic (exact) mass is 1000 g/mol. The van der Waals surface area contributed by atoms with Gasteiger partial charge in [-0.3, -0.25) is 4.57 Å². The number of rotatable bonds is 3. The number of para-hydroxylation sites is 1. The predicted octanol–water partition coefficient (Wildman–Crippen LogP) is 17.6. The maximum Gasteiger partial charge on any atom is 0.333 e. The summed E-state index contributed by atoms with van der Waals surface area (Å²) >= 11 is 1.95. The molecular weight excluding hydrogens is 940 g/mol. The van der Waals surface area contributed by atoms with Gasteiger partial charge in [-0.15, -0.1) is 11.3 Å². The Labute approximate surface area is 450 Å². The van der Waals surface area contributed by atoms with E-state index in [4.69, 9.17) is 4.98 Å². The summed E-state index contributed by atoms with van der Waals surface area (Å²) in [5.41, 5.74) is 24.9. The number of hydrogen-bond acceptors (Lipinski definition) is 3. The molecule has 0 atom stereocenters. The van der Waals surface area contributed by atoms with Crippen LogP contribution < -0.4 is 15.7 Å². The highest BCUT2D eigenvalue weighted by molar-refractivity contribution is 7.25. The second kappa shape index (κ2) is 15.3. The molecule has 370 valence electrons. The SMILES string of the molecule is CC(C)(C)c1ccc(N2B3c4cc5nc(-c6ccccc6)n(-c6ccccc6)c5cc4-n4c5ccc(C(C)(C)C)cc5c5c6c(c(c3c54)-c3cc4sc5cc(C(C)(C)C)ccc5c4cc32)C(C)(C)c2ccccc2-6)cc1. The van der Waals surface area contributed by atoms with Crippen molar-refractivity contribution in [3.63, 3.8) is 0 Å². The van der Waals surface area contributed by atoms with E-state index in [-0.39, 0.29) is 28.5 Å². The van der Waals surface area contributed by atoms with Crippen molar-refractivity contribution in [2.75, 3.05) is 4.81 Å². The fourth-order valence-corrected chi connectivity index (χ4v) is 14.8. The molecule has 0 fully saturated rings. The minimum Gasteiger partial charge on any atom is -0.376 e. The summed E-state index contributed by atoms with van der Waals surface area (Å²) < 4.78 is 7.73. The lowest BCUT2D eigenvalue weighted by atomic mass is 9.43. The first-order valence-electron chi connectivity index (χ1n) is 27.2. The second-order valence-corrected chi connectivity index (χ2v) is 26.7. The summed E-state index contributed by atoms with van der Waals surface area (Å²) in [7, 11) is 0. The van der Waals surface area contributed by atoms with Crippen molar-refractivity contribution in [2.24, 2.45) is 0 Å². The third kappa shape index (κ3) is 6.22. The van der Waals surface area contributed by atoms with E-state index >= 15 is 0 Å². The van der Waals surface area contributed by atoms with Crippen LogP contribution in [0.4, 0.5) is 11.4 Å². The minimum atomic E-state index is -0.305. The summed E-state index contributed by atoms with van der Waals surface area (Å²) in [6.45, 7) is 25.8. The molecule has 4 nitrogen and oxygen atoms in total. The number of thiophene rings is 1. The van der Waals surface area contributed by atoms with E-state index in [1.54, 1.807) is 0 Å². The van der Waals surface area contributed by atoms with Crippen molar-refractivity contribution in [1.82, 2.24) is 14.1 Å². The highest BCUT2D eigenvalue weighted by Gasteiger charge is 2.50. The molecule has 0 saturated carbocycles. The highest BCUT2D eigenvalue weighted by Crippen LogP contribution is 2.60. The number of anilines is 2. The van der Waals surface area contributed by atoms with Crippen LogP contribution in [0.5, 0.6) is 0 Å². The van der Waals surface area contributed by atoms with Crippen molar-refractivity contribution in [2.45, 2.75) is 97.8 Å². The van der Waals surface area contributed by atoms with E-state index in [9.17, 15) is 0 Å². The van der Waals surface area contributed by atoms with Crippen molar-refractivity contribution >= 4 is 93.5 Å². The molecule has 0 unspecified atom stereocenters.